The molecule has 78 valence electrons. The van der Waals surface area contributed by atoms with Gasteiger partial charge < -0.3 is 5.32 Å². The van der Waals surface area contributed by atoms with Gasteiger partial charge in [0.1, 0.15) is 0 Å². The summed E-state index contributed by atoms with van der Waals surface area (Å²) < 4.78 is 0. The van der Waals surface area contributed by atoms with Crippen molar-refractivity contribution in [1.29, 1.82) is 0 Å². The molecule has 1 heterocycles. The Bertz CT molecular complexity index is 272. The highest BCUT2D eigenvalue weighted by molar-refractivity contribution is 5.07. The van der Waals surface area contributed by atoms with Crippen molar-refractivity contribution in [3.63, 3.8) is 0 Å². The van der Waals surface area contributed by atoms with E-state index in [4.69, 9.17) is 0 Å². The number of nitrogens with one attached hydrogen (secondary N) is 1. The van der Waals surface area contributed by atoms with E-state index in [1.54, 1.807) is 0 Å². The van der Waals surface area contributed by atoms with Gasteiger partial charge in [-0.25, -0.2) is 0 Å². The Morgan fingerprint density at radius 2 is 1.71 bits per heavy atom. The Hall–Kier alpha value is -0.960. The molecule has 1 rings (SSSR count). The highest BCUT2D eigenvalue weighted by Crippen LogP contribution is 2.18. The Balaban J connectivity index is 2.64. The van der Waals surface area contributed by atoms with Gasteiger partial charge in [0.25, 0.3) is 0 Å². The highest BCUT2D eigenvalue weighted by atomic mass is 15.1. The van der Waals surface area contributed by atoms with Crippen LogP contribution < -0.4 is 5.32 Å². The summed E-state index contributed by atoms with van der Waals surface area (Å²) in [6, 6.07) is 4.09. The van der Waals surface area contributed by atoms with Crippen molar-refractivity contribution in [3.8, 4) is 0 Å². The second-order valence-corrected chi connectivity index (χ2v) is 4.78. The lowest BCUT2D eigenvalue weighted by atomic mass is 9.90. The fourth-order valence-corrected chi connectivity index (χ4v) is 1.30. The minimum atomic E-state index is 0.277. The zero-order chi connectivity index (χ0) is 10.6. The van der Waals surface area contributed by atoms with Gasteiger partial charge in [0.05, 0.1) is 11.4 Å². The van der Waals surface area contributed by atoms with Gasteiger partial charge in [-0.3, -0.25) is 0 Å². The van der Waals surface area contributed by atoms with E-state index in [2.05, 4.69) is 42.4 Å². The van der Waals surface area contributed by atoms with E-state index < -0.39 is 0 Å². The van der Waals surface area contributed by atoms with Gasteiger partial charge in [0.15, 0.2) is 0 Å². The fourth-order valence-electron chi connectivity index (χ4n) is 1.30. The summed E-state index contributed by atoms with van der Waals surface area (Å²) in [5.74, 6) is 0. The van der Waals surface area contributed by atoms with Crippen molar-refractivity contribution >= 4 is 0 Å². The molecule has 3 nitrogen and oxygen atoms in total. The minimum absolute atomic E-state index is 0.277. The molecule has 0 fully saturated rings. The maximum atomic E-state index is 4.19. The lowest BCUT2D eigenvalue weighted by Gasteiger charge is -2.16. The monoisotopic (exact) mass is 193 g/mol. The highest BCUT2D eigenvalue weighted by Gasteiger charge is 2.12. The Morgan fingerprint density at radius 3 is 2.14 bits per heavy atom. The van der Waals surface area contributed by atoms with Crippen molar-refractivity contribution in [1.82, 2.24) is 15.5 Å². The molecule has 0 saturated carbocycles. The van der Waals surface area contributed by atoms with Gasteiger partial charge in [-0.05, 0) is 31.0 Å². The first-order valence-corrected chi connectivity index (χ1v) is 4.97. The van der Waals surface area contributed by atoms with Crippen LogP contribution in [0.15, 0.2) is 12.1 Å². The maximum Gasteiger partial charge on any atom is 0.0769 e. The molecule has 0 aliphatic rings. The third-order valence-corrected chi connectivity index (χ3v) is 1.84. The summed E-state index contributed by atoms with van der Waals surface area (Å²) in [5.41, 5.74) is 2.33. The van der Waals surface area contributed by atoms with Crippen LogP contribution in [-0.2, 0) is 13.0 Å². The number of rotatable bonds is 3. The van der Waals surface area contributed by atoms with Crippen molar-refractivity contribution in [2.75, 3.05) is 7.05 Å². The average Bonchev–Trinajstić information content (AvgIpc) is 2.06. The summed E-state index contributed by atoms with van der Waals surface area (Å²) in [5, 5.41) is 11.4. The van der Waals surface area contributed by atoms with E-state index in [0.29, 0.717) is 0 Å². The molecule has 1 aromatic heterocycles. The molecular weight excluding hydrogens is 174 g/mol. The SMILES string of the molecule is CNCc1ccc(CC(C)(C)C)nn1. The predicted molar refractivity (Wildman–Crippen MR) is 58.0 cm³/mol. The van der Waals surface area contributed by atoms with Crippen LogP contribution in [0.25, 0.3) is 0 Å². The first kappa shape index (κ1) is 11.1. The normalized spacial score (nSPS) is 11.7. The minimum Gasteiger partial charge on any atom is -0.314 e. The number of nitrogens with zero attached hydrogens (tertiary/aromatic N) is 2. The molecule has 0 radical (unpaired) electrons. The summed E-state index contributed by atoms with van der Waals surface area (Å²) in [4.78, 5) is 0. The third-order valence-electron chi connectivity index (χ3n) is 1.84. The van der Waals surface area contributed by atoms with Gasteiger partial charge in [0, 0.05) is 6.54 Å². The second-order valence-electron chi connectivity index (χ2n) is 4.78. The quantitative estimate of drug-likeness (QED) is 0.795. The molecule has 1 N–H and O–H groups in total. The van der Waals surface area contributed by atoms with Crippen LogP contribution in [0.2, 0.25) is 0 Å². The molecule has 3 heteroatoms. The number of aromatic nitrogens is 2. The molecule has 1 aromatic rings. The second kappa shape index (κ2) is 4.51. The summed E-state index contributed by atoms with van der Waals surface area (Å²) in [6.07, 6.45) is 0.972. The van der Waals surface area contributed by atoms with Crippen LogP contribution in [0, 0.1) is 5.41 Å². The fraction of sp³-hybridized carbons (Fsp3) is 0.636. The van der Waals surface area contributed by atoms with Crippen LogP contribution in [0.5, 0.6) is 0 Å². The zero-order valence-electron chi connectivity index (χ0n) is 9.46. The maximum absolute atomic E-state index is 4.19. The van der Waals surface area contributed by atoms with Gasteiger partial charge in [-0.1, -0.05) is 20.8 Å². The van der Waals surface area contributed by atoms with E-state index >= 15 is 0 Å². The van der Waals surface area contributed by atoms with Gasteiger partial charge in [-0.2, -0.15) is 10.2 Å². The Labute approximate surface area is 85.9 Å². The van der Waals surface area contributed by atoms with Gasteiger partial charge in [-0.15, -0.1) is 0 Å². The largest absolute Gasteiger partial charge is 0.314 e. The molecule has 0 aliphatic heterocycles. The molecule has 0 aliphatic carbocycles. The van der Waals surface area contributed by atoms with Crippen molar-refractivity contribution in [2.24, 2.45) is 5.41 Å². The molecule has 0 amide bonds. The van der Waals surface area contributed by atoms with Crippen molar-refractivity contribution in [3.05, 3.63) is 23.5 Å². The first-order valence-electron chi connectivity index (χ1n) is 4.97. The smallest absolute Gasteiger partial charge is 0.0769 e. The van der Waals surface area contributed by atoms with E-state index in [1.807, 2.05) is 13.1 Å². The first-order chi connectivity index (χ1) is 6.51. The third kappa shape index (κ3) is 3.83. The zero-order valence-corrected chi connectivity index (χ0v) is 9.46. The van der Waals surface area contributed by atoms with Crippen molar-refractivity contribution < 1.29 is 0 Å². The molecule has 0 atom stereocenters. The molecule has 0 bridgehead atoms. The van der Waals surface area contributed by atoms with Crippen LogP contribution in [0.1, 0.15) is 32.2 Å². The molecule has 0 spiro atoms. The van der Waals surface area contributed by atoms with Crippen LogP contribution in [0.3, 0.4) is 0 Å². The van der Waals surface area contributed by atoms with E-state index in [-0.39, 0.29) is 5.41 Å². The van der Waals surface area contributed by atoms with Crippen LogP contribution in [-0.4, -0.2) is 17.2 Å². The molecule has 0 aromatic carbocycles. The van der Waals surface area contributed by atoms with E-state index in [1.165, 1.54) is 0 Å². The van der Waals surface area contributed by atoms with Crippen LogP contribution >= 0.6 is 0 Å². The molecule has 0 saturated heterocycles. The Kier molecular flexibility index (Phi) is 3.58. The lowest BCUT2D eigenvalue weighted by molar-refractivity contribution is 0.404. The summed E-state index contributed by atoms with van der Waals surface area (Å²) in [7, 11) is 1.91. The summed E-state index contributed by atoms with van der Waals surface area (Å²) >= 11 is 0. The van der Waals surface area contributed by atoms with Gasteiger partial charge >= 0.3 is 0 Å². The summed E-state index contributed by atoms with van der Waals surface area (Å²) in [6.45, 7) is 7.39. The average molecular weight is 193 g/mol. The molecule has 14 heavy (non-hydrogen) atoms. The van der Waals surface area contributed by atoms with E-state index in [9.17, 15) is 0 Å². The van der Waals surface area contributed by atoms with Gasteiger partial charge in [0.2, 0.25) is 0 Å². The Morgan fingerprint density at radius 1 is 1.14 bits per heavy atom. The molecule has 0 unspecified atom stereocenters. The standard InChI is InChI=1S/C11H19N3/c1-11(2,3)7-9-5-6-10(8-12-4)14-13-9/h5-6,12H,7-8H2,1-4H3. The van der Waals surface area contributed by atoms with E-state index in [0.717, 1.165) is 24.4 Å². The number of hydrogen-bond acceptors (Lipinski definition) is 3. The molecular formula is C11H19N3. The van der Waals surface area contributed by atoms with Crippen LogP contribution in [0.4, 0.5) is 0 Å². The van der Waals surface area contributed by atoms with Crippen molar-refractivity contribution in [2.45, 2.75) is 33.7 Å². The predicted octanol–water partition coefficient (Wildman–Crippen LogP) is 1.78. The number of hydrogen-bond donors (Lipinski definition) is 1. The topological polar surface area (TPSA) is 37.8 Å². The lowest BCUT2D eigenvalue weighted by Crippen LogP contribution is -2.12.